The first-order valence-electron chi connectivity index (χ1n) is 6.13. The molecule has 1 aliphatic carbocycles. The van der Waals surface area contributed by atoms with Crippen molar-refractivity contribution >= 4 is 10.2 Å². The minimum Gasteiger partial charge on any atom is -0.396 e. The fraction of sp³-hybridized carbons (Fsp3) is 1.00. The zero-order valence-corrected chi connectivity index (χ0v) is 11.7. The number of hydrogen-bond donors (Lipinski definition) is 3. The van der Waals surface area contributed by atoms with Crippen molar-refractivity contribution in [2.75, 3.05) is 13.2 Å². The van der Waals surface area contributed by atoms with E-state index in [1.165, 1.54) is 0 Å². The van der Waals surface area contributed by atoms with Crippen LogP contribution in [0, 0.1) is 11.8 Å². The van der Waals surface area contributed by atoms with Crippen LogP contribution in [0.3, 0.4) is 0 Å². The van der Waals surface area contributed by atoms with E-state index in [1.807, 2.05) is 0 Å². The molecule has 1 rings (SSSR count). The van der Waals surface area contributed by atoms with Crippen LogP contribution in [-0.4, -0.2) is 32.2 Å². The van der Waals surface area contributed by atoms with Crippen molar-refractivity contribution in [3.63, 3.8) is 0 Å². The maximum atomic E-state index is 11.7. The molecule has 1 saturated carbocycles. The van der Waals surface area contributed by atoms with Gasteiger partial charge in [0.2, 0.25) is 0 Å². The average molecular weight is 264 g/mol. The van der Waals surface area contributed by atoms with Crippen LogP contribution < -0.4 is 9.44 Å². The molecule has 0 spiro atoms. The second kappa shape index (κ2) is 5.65. The lowest BCUT2D eigenvalue weighted by molar-refractivity contribution is 0.195. The van der Waals surface area contributed by atoms with E-state index in [2.05, 4.69) is 9.44 Å². The quantitative estimate of drug-likeness (QED) is 0.681. The van der Waals surface area contributed by atoms with Gasteiger partial charge in [-0.05, 0) is 45.4 Å². The van der Waals surface area contributed by atoms with Gasteiger partial charge in [-0.25, -0.2) is 4.72 Å². The SMILES string of the molecule is CC(C)(C)NS(=O)(=O)NCC1CCCC1CO. The van der Waals surface area contributed by atoms with Crippen molar-refractivity contribution < 1.29 is 13.5 Å². The van der Waals surface area contributed by atoms with Crippen LogP contribution in [0.5, 0.6) is 0 Å². The Labute approximate surface area is 104 Å². The molecule has 2 atom stereocenters. The summed E-state index contributed by atoms with van der Waals surface area (Å²) < 4.78 is 28.5. The van der Waals surface area contributed by atoms with Gasteiger partial charge in [-0.1, -0.05) is 6.42 Å². The third-order valence-corrected chi connectivity index (χ3v) is 4.45. The summed E-state index contributed by atoms with van der Waals surface area (Å²) in [6.45, 7) is 5.98. The second-order valence-corrected chi connectivity index (χ2v) is 7.34. The highest BCUT2D eigenvalue weighted by Crippen LogP contribution is 2.30. The first kappa shape index (κ1) is 14.9. The molecule has 0 aromatic rings. The normalized spacial score (nSPS) is 26.4. The molecule has 0 aromatic carbocycles. The first-order chi connectivity index (χ1) is 7.73. The summed E-state index contributed by atoms with van der Waals surface area (Å²) in [7, 11) is -3.44. The molecular weight excluding hydrogens is 240 g/mol. The van der Waals surface area contributed by atoms with Crippen molar-refractivity contribution in [1.29, 1.82) is 0 Å². The molecule has 3 N–H and O–H groups in total. The molecule has 0 bridgehead atoms. The largest absolute Gasteiger partial charge is 0.396 e. The highest BCUT2D eigenvalue weighted by molar-refractivity contribution is 7.87. The van der Waals surface area contributed by atoms with Crippen molar-refractivity contribution in [3.05, 3.63) is 0 Å². The van der Waals surface area contributed by atoms with Crippen LogP contribution in [0.2, 0.25) is 0 Å². The topological polar surface area (TPSA) is 78.4 Å². The van der Waals surface area contributed by atoms with E-state index in [1.54, 1.807) is 20.8 Å². The lowest BCUT2D eigenvalue weighted by atomic mass is 9.97. The molecular formula is C11H24N2O3S. The van der Waals surface area contributed by atoms with E-state index in [0.29, 0.717) is 6.54 Å². The summed E-state index contributed by atoms with van der Waals surface area (Å²) in [6.07, 6.45) is 3.06. The molecule has 6 heteroatoms. The van der Waals surface area contributed by atoms with Crippen LogP contribution in [0.15, 0.2) is 0 Å². The molecule has 0 saturated heterocycles. The Morgan fingerprint density at radius 2 is 1.82 bits per heavy atom. The van der Waals surface area contributed by atoms with E-state index in [4.69, 9.17) is 5.11 Å². The van der Waals surface area contributed by atoms with E-state index < -0.39 is 15.7 Å². The number of nitrogens with one attached hydrogen (secondary N) is 2. The number of aliphatic hydroxyl groups is 1. The summed E-state index contributed by atoms with van der Waals surface area (Å²) in [5.74, 6) is 0.504. The Morgan fingerprint density at radius 1 is 1.24 bits per heavy atom. The van der Waals surface area contributed by atoms with E-state index in [0.717, 1.165) is 19.3 Å². The molecule has 17 heavy (non-hydrogen) atoms. The Bertz CT molecular complexity index is 335. The summed E-state index contributed by atoms with van der Waals surface area (Å²) in [6, 6.07) is 0. The fourth-order valence-electron chi connectivity index (χ4n) is 2.28. The number of rotatable bonds is 5. The summed E-state index contributed by atoms with van der Waals surface area (Å²) >= 11 is 0. The average Bonchev–Trinajstić information content (AvgIpc) is 2.58. The van der Waals surface area contributed by atoms with Crippen LogP contribution in [0.25, 0.3) is 0 Å². The standard InChI is InChI=1S/C11H24N2O3S/c1-11(2,3)13-17(15,16)12-7-9-5-4-6-10(9)8-14/h9-10,12-14H,4-8H2,1-3H3. The van der Waals surface area contributed by atoms with Gasteiger partial charge in [-0.3, -0.25) is 0 Å². The van der Waals surface area contributed by atoms with E-state index >= 15 is 0 Å². The van der Waals surface area contributed by atoms with Crippen LogP contribution in [0.4, 0.5) is 0 Å². The van der Waals surface area contributed by atoms with Gasteiger partial charge in [0.15, 0.2) is 0 Å². The van der Waals surface area contributed by atoms with Crippen molar-refractivity contribution in [2.45, 2.75) is 45.6 Å². The van der Waals surface area contributed by atoms with Crippen LogP contribution in [0.1, 0.15) is 40.0 Å². The minimum atomic E-state index is -3.44. The minimum absolute atomic E-state index is 0.152. The van der Waals surface area contributed by atoms with Gasteiger partial charge in [-0.2, -0.15) is 13.1 Å². The molecule has 0 amide bonds. The van der Waals surface area contributed by atoms with Crippen molar-refractivity contribution in [3.8, 4) is 0 Å². The zero-order valence-electron chi connectivity index (χ0n) is 10.9. The molecule has 102 valence electrons. The van der Waals surface area contributed by atoms with Crippen LogP contribution >= 0.6 is 0 Å². The zero-order chi connectivity index (χ0) is 13.1. The second-order valence-electron chi connectivity index (χ2n) is 5.84. The number of hydrogen-bond acceptors (Lipinski definition) is 3. The van der Waals surface area contributed by atoms with Gasteiger partial charge < -0.3 is 5.11 Å². The van der Waals surface area contributed by atoms with E-state index in [-0.39, 0.29) is 18.4 Å². The highest BCUT2D eigenvalue weighted by Gasteiger charge is 2.28. The Kier molecular flexibility index (Phi) is 4.95. The Balaban J connectivity index is 2.44. The molecule has 0 radical (unpaired) electrons. The van der Waals surface area contributed by atoms with Crippen LogP contribution in [-0.2, 0) is 10.2 Å². The van der Waals surface area contributed by atoms with Crippen molar-refractivity contribution in [1.82, 2.24) is 9.44 Å². The summed E-state index contributed by atoms with van der Waals surface area (Å²) in [5.41, 5.74) is -0.474. The Hall–Kier alpha value is -0.170. The fourth-order valence-corrected chi connectivity index (χ4v) is 3.59. The van der Waals surface area contributed by atoms with Gasteiger partial charge in [-0.15, -0.1) is 0 Å². The van der Waals surface area contributed by atoms with Gasteiger partial charge in [0, 0.05) is 18.7 Å². The monoisotopic (exact) mass is 264 g/mol. The van der Waals surface area contributed by atoms with E-state index in [9.17, 15) is 8.42 Å². The predicted octanol–water partition coefficient (Wildman–Crippen LogP) is 0.617. The number of aliphatic hydroxyl groups excluding tert-OH is 1. The molecule has 5 nitrogen and oxygen atoms in total. The smallest absolute Gasteiger partial charge is 0.277 e. The Morgan fingerprint density at radius 3 is 2.35 bits per heavy atom. The first-order valence-corrected chi connectivity index (χ1v) is 7.61. The molecule has 2 unspecified atom stereocenters. The summed E-state index contributed by atoms with van der Waals surface area (Å²) in [5, 5.41) is 9.16. The van der Waals surface area contributed by atoms with Gasteiger partial charge in [0.25, 0.3) is 10.2 Å². The maximum Gasteiger partial charge on any atom is 0.277 e. The molecule has 0 heterocycles. The maximum absolute atomic E-state index is 11.7. The van der Waals surface area contributed by atoms with Gasteiger partial charge in [0.05, 0.1) is 0 Å². The van der Waals surface area contributed by atoms with Gasteiger partial charge >= 0.3 is 0 Å². The highest BCUT2D eigenvalue weighted by atomic mass is 32.2. The molecule has 0 aromatic heterocycles. The molecule has 1 fully saturated rings. The lowest BCUT2D eigenvalue weighted by Gasteiger charge is -2.23. The third kappa shape index (κ3) is 5.33. The van der Waals surface area contributed by atoms with Gasteiger partial charge in [0.1, 0.15) is 0 Å². The molecule has 1 aliphatic rings. The third-order valence-electron chi connectivity index (χ3n) is 3.03. The van der Waals surface area contributed by atoms with Crippen molar-refractivity contribution in [2.24, 2.45) is 11.8 Å². The predicted molar refractivity (Wildman–Crippen MR) is 67.7 cm³/mol. The summed E-state index contributed by atoms with van der Waals surface area (Å²) in [4.78, 5) is 0. The molecule has 0 aliphatic heterocycles. The lowest BCUT2D eigenvalue weighted by Crippen LogP contribution is -2.48.